The van der Waals surface area contributed by atoms with Gasteiger partial charge in [-0.15, -0.1) is 0 Å². The number of halogens is 3. The van der Waals surface area contributed by atoms with Gasteiger partial charge in [-0.1, -0.05) is 5.16 Å². The lowest BCUT2D eigenvalue weighted by atomic mass is 10.1. The van der Waals surface area contributed by atoms with E-state index < -0.39 is 18.7 Å². The Morgan fingerprint density at radius 2 is 2.22 bits per heavy atom. The summed E-state index contributed by atoms with van der Waals surface area (Å²) in [6.07, 6.45) is -2.49. The molecule has 1 aromatic rings. The fraction of sp³-hybridized carbons (Fsp3) is 0.700. The Bertz CT molecular complexity index is 430. The molecule has 0 N–H and O–H groups in total. The van der Waals surface area contributed by atoms with Crippen LogP contribution in [0.5, 0.6) is 0 Å². The zero-order valence-corrected chi connectivity index (χ0v) is 9.37. The van der Waals surface area contributed by atoms with E-state index in [9.17, 15) is 18.0 Å². The van der Waals surface area contributed by atoms with Gasteiger partial charge in [-0.2, -0.15) is 18.2 Å². The normalized spacial score (nSPS) is 20.6. The van der Waals surface area contributed by atoms with E-state index in [4.69, 9.17) is 4.52 Å². The summed E-state index contributed by atoms with van der Waals surface area (Å²) in [6, 6.07) is 0. The van der Waals surface area contributed by atoms with E-state index in [0.29, 0.717) is 12.8 Å². The van der Waals surface area contributed by atoms with Crippen LogP contribution in [0.15, 0.2) is 4.52 Å². The number of carbonyl (C=O) groups is 1. The van der Waals surface area contributed by atoms with Crippen LogP contribution in [0, 0.1) is 0 Å². The molecule has 1 unspecified atom stereocenters. The van der Waals surface area contributed by atoms with E-state index >= 15 is 0 Å². The van der Waals surface area contributed by atoms with E-state index in [-0.39, 0.29) is 24.1 Å². The second-order valence-corrected chi connectivity index (χ2v) is 4.07. The average molecular weight is 264 g/mol. The highest BCUT2D eigenvalue weighted by Gasteiger charge is 2.31. The minimum Gasteiger partial charge on any atom is -0.364 e. The van der Waals surface area contributed by atoms with Gasteiger partial charge in [-0.05, 0) is 12.8 Å². The van der Waals surface area contributed by atoms with Crippen LogP contribution in [-0.4, -0.2) is 28.7 Å². The average Bonchev–Trinajstić information content (AvgIpc) is 2.84. The number of aromatic nitrogens is 2. The maximum absolute atomic E-state index is 11.8. The van der Waals surface area contributed by atoms with Gasteiger partial charge >= 0.3 is 6.18 Å². The summed E-state index contributed by atoms with van der Waals surface area (Å²) in [5, 5.41) is 3.48. The van der Waals surface area contributed by atoms with Crippen molar-refractivity contribution in [3.05, 3.63) is 11.7 Å². The summed E-state index contributed by atoms with van der Waals surface area (Å²) in [5.74, 6) is -0.188. The standard InChI is InChI=1S/C10H11F3N2O3/c11-10(12,13)5-17-4-8-14-9(18-15-8)6-2-1-3-7(6)16/h6H,1-5H2. The molecule has 1 heterocycles. The van der Waals surface area contributed by atoms with E-state index in [0.717, 1.165) is 6.42 Å². The third-order valence-electron chi connectivity index (χ3n) is 2.58. The molecule has 8 heteroatoms. The summed E-state index contributed by atoms with van der Waals surface area (Å²) in [5.41, 5.74) is 0. The maximum Gasteiger partial charge on any atom is 0.411 e. The van der Waals surface area contributed by atoms with Gasteiger partial charge in [0.15, 0.2) is 5.82 Å². The van der Waals surface area contributed by atoms with Crippen LogP contribution in [0.3, 0.4) is 0 Å². The summed E-state index contributed by atoms with van der Waals surface area (Å²) in [7, 11) is 0. The first-order chi connectivity index (χ1) is 8.46. The summed E-state index contributed by atoms with van der Waals surface area (Å²) in [4.78, 5) is 15.3. The molecule has 1 aromatic heterocycles. The first-order valence-electron chi connectivity index (χ1n) is 5.45. The number of ketones is 1. The quantitative estimate of drug-likeness (QED) is 0.832. The minimum absolute atomic E-state index is 0.0222. The lowest BCUT2D eigenvalue weighted by Gasteiger charge is -2.04. The summed E-state index contributed by atoms with van der Waals surface area (Å²) in [6.45, 7) is -1.75. The molecule has 1 saturated carbocycles. The molecule has 0 spiro atoms. The smallest absolute Gasteiger partial charge is 0.364 e. The molecule has 1 aliphatic carbocycles. The number of hydrogen-bond donors (Lipinski definition) is 0. The topological polar surface area (TPSA) is 65.2 Å². The molecule has 0 saturated heterocycles. The third kappa shape index (κ3) is 3.28. The Hall–Kier alpha value is -1.44. The molecule has 2 rings (SSSR count). The van der Waals surface area contributed by atoms with E-state index in [2.05, 4.69) is 14.9 Å². The lowest BCUT2D eigenvalue weighted by molar-refractivity contribution is -0.177. The Kier molecular flexibility index (Phi) is 3.65. The van der Waals surface area contributed by atoms with Crippen LogP contribution >= 0.6 is 0 Å². The zero-order chi connectivity index (χ0) is 13.2. The van der Waals surface area contributed by atoms with Crippen molar-refractivity contribution in [2.24, 2.45) is 0 Å². The van der Waals surface area contributed by atoms with Crippen LogP contribution < -0.4 is 0 Å². The first kappa shape index (κ1) is 13.0. The van der Waals surface area contributed by atoms with E-state index in [1.54, 1.807) is 0 Å². The van der Waals surface area contributed by atoms with Crippen LogP contribution in [0.1, 0.15) is 36.9 Å². The fourth-order valence-corrected chi connectivity index (χ4v) is 1.80. The number of alkyl halides is 3. The number of nitrogens with zero attached hydrogens (tertiary/aromatic N) is 2. The molecule has 0 amide bonds. The highest BCUT2D eigenvalue weighted by atomic mass is 19.4. The fourth-order valence-electron chi connectivity index (χ4n) is 1.80. The molecule has 5 nitrogen and oxygen atoms in total. The Morgan fingerprint density at radius 1 is 1.44 bits per heavy atom. The Labute approximate surface area is 100 Å². The van der Waals surface area contributed by atoms with Crippen molar-refractivity contribution in [2.45, 2.75) is 38.0 Å². The first-order valence-corrected chi connectivity index (χ1v) is 5.45. The van der Waals surface area contributed by atoms with Crippen molar-refractivity contribution in [2.75, 3.05) is 6.61 Å². The number of Topliss-reactive ketones (excluding diaryl/α,β-unsaturated/α-hetero) is 1. The SMILES string of the molecule is O=C1CCCC1c1nc(COCC(F)(F)F)no1. The molecule has 1 atom stereocenters. The van der Waals surface area contributed by atoms with Crippen LogP contribution in [0.25, 0.3) is 0 Å². The van der Waals surface area contributed by atoms with Crippen molar-refractivity contribution < 1.29 is 27.2 Å². The highest BCUT2D eigenvalue weighted by Crippen LogP contribution is 2.29. The van der Waals surface area contributed by atoms with Crippen LogP contribution in [0.4, 0.5) is 13.2 Å². The third-order valence-corrected chi connectivity index (χ3v) is 2.58. The van der Waals surface area contributed by atoms with Gasteiger partial charge < -0.3 is 9.26 Å². The summed E-state index contributed by atoms with van der Waals surface area (Å²) < 4.78 is 44.7. The molecular weight excluding hydrogens is 253 g/mol. The molecular formula is C10H11F3N2O3. The number of carbonyl (C=O) groups excluding carboxylic acids is 1. The van der Waals surface area contributed by atoms with Gasteiger partial charge in [0.2, 0.25) is 5.89 Å². The maximum atomic E-state index is 11.8. The van der Waals surface area contributed by atoms with Crippen molar-refractivity contribution in [3.63, 3.8) is 0 Å². The minimum atomic E-state index is -4.38. The van der Waals surface area contributed by atoms with E-state index in [1.165, 1.54) is 0 Å². The highest BCUT2D eigenvalue weighted by molar-refractivity contribution is 5.86. The van der Waals surface area contributed by atoms with Gasteiger partial charge in [-0.3, -0.25) is 4.79 Å². The number of ether oxygens (including phenoxy) is 1. The van der Waals surface area contributed by atoms with Gasteiger partial charge in [0.05, 0.1) is 5.92 Å². The van der Waals surface area contributed by atoms with Gasteiger partial charge in [0.25, 0.3) is 0 Å². The van der Waals surface area contributed by atoms with Gasteiger partial charge in [0.1, 0.15) is 19.0 Å². The summed E-state index contributed by atoms with van der Waals surface area (Å²) >= 11 is 0. The lowest BCUT2D eigenvalue weighted by Crippen LogP contribution is -2.17. The second-order valence-electron chi connectivity index (χ2n) is 4.07. The van der Waals surface area contributed by atoms with Crippen molar-refractivity contribution in [1.82, 2.24) is 10.1 Å². The molecule has 0 radical (unpaired) electrons. The van der Waals surface area contributed by atoms with Crippen LogP contribution in [-0.2, 0) is 16.1 Å². The molecule has 18 heavy (non-hydrogen) atoms. The largest absolute Gasteiger partial charge is 0.411 e. The molecule has 1 aliphatic rings. The predicted octanol–water partition coefficient (Wildman–Crippen LogP) is 1.99. The van der Waals surface area contributed by atoms with Crippen molar-refractivity contribution in [1.29, 1.82) is 0 Å². The van der Waals surface area contributed by atoms with Crippen molar-refractivity contribution >= 4 is 5.78 Å². The number of hydrogen-bond acceptors (Lipinski definition) is 5. The van der Waals surface area contributed by atoms with E-state index in [1.807, 2.05) is 0 Å². The molecule has 0 aliphatic heterocycles. The Balaban J connectivity index is 1.88. The van der Waals surface area contributed by atoms with Crippen LogP contribution in [0.2, 0.25) is 0 Å². The second kappa shape index (κ2) is 5.05. The zero-order valence-electron chi connectivity index (χ0n) is 9.37. The monoisotopic (exact) mass is 264 g/mol. The Morgan fingerprint density at radius 3 is 2.83 bits per heavy atom. The molecule has 0 aromatic carbocycles. The molecule has 0 bridgehead atoms. The number of rotatable bonds is 4. The molecule has 1 fully saturated rings. The predicted molar refractivity (Wildman–Crippen MR) is 51.6 cm³/mol. The van der Waals surface area contributed by atoms with Crippen molar-refractivity contribution in [3.8, 4) is 0 Å². The van der Waals surface area contributed by atoms with Gasteiger partial charge in [0, 0.05) is 6.42 Å². The van der Waals surface area contributed by atoms with Gasteiger partial charge in [-0.25, -0.2) is 0 Å². The molecule has 100 valence electrons.